The van der Waals surface area contributed by atoms with E-state index in [1.807, 2.05) is 31.3 Å². The number of phenols is 1. The van der Waals surface area contributed by atoms with E-state index in [1.54, 1.807) is 12.1 Å². The third-order valence-electron chi connectivity index (χ3n) is 2.70. The first-order valence-corrected chi connectivity index (χ1v) is 6.03. The number of nitrogens with one attached hydrogen (secondary N) is 2. The summed E-state index contributed by atoms with van der Waals surface area (Å²) in [5.74, 6) is -0.0471. The third kappa shape index (κ3) is 3.56. The Bertz CT molecular complexity index is 565. The molecule has 0 aliphatic rings. The highest BCUT2D eigenvalue weighted by Gasteiger charge is 2.06. The van der Waals surface area contributed by atoms with Gasteiger partial charge in [0, 0.05) is 17.8 Å². The lowest BCUT2D eigenvalue weighted by atomic mass is 10.1. The maximum absolute atomic E-state index is 12.0. The molecule has 0 aliphatic heterocycles. The van der Waals surface area contributed by atoms with Gasteiger partial charge in [0.2, 0.25) is 0 Å². The van der Waals surface area contributed by atoms with E-state index >= 15 is 0 Å². The van der Waals surface area contributed by atoms with E-state index in [0.717, 1.165) is 17.8 Å². The summed E-state index contributed by atoms with van der Waals surface area (Å²) >= 11 is 0. The number of phenolic OH excluding ortho intramolecular Hbond substituents is 1. The Morgan fingerprint density at radius 1 is 1.16 bits per heavy atom. The maximum Gasteiger partial charge on any atom is 0.255 e. The molecule has 4 heteroatoms. The molecule has 0 unspecified atom stereocenters. The van der Waals surface area contributed by atoms with Gasteiger partial charge in [-0.25, -0.2) is 0 Å². The Morgan fingerprint density at radius 3 is 2.58 bits per heavy atom. The van der Waals surface area contributed by atoms with Crippen molar-refractivity contribution in [1.82, 2.24) is 5.32 Å². The summed E-state index contributed by atoms with van der Waals surface area (Å²) in [6.07, 6.45) is 0. The minimum absolute atomic E-state index is 0.146. The van der Waals surface area contributed by atoms with Gasteiger partial charge >= 0.3 is 0 Å². The fourth-order valence-electron chi connectivity index (χ4n) is 1.78. The van der Waals surface area contributed by atoms with Crippen LogP contribution in [-0.4, -0.2) is 18.1 Å². The second-order valence-corrected chi connectivity index (χ2v) is 4.23. The second kappa shape index (κ2) is 6.02. The molecule has 4 nitrogen and oxygen atoms in total. The van der Waals surface area contributed by atoms with Gasteiger partial charge in [-0.05, 0) is 49.0 Å². The molecule has 0 saturated heterocycles. The van der Waals surface area contributed by atoms with Crippen LogP contribution in [0.1, 0.15) is 15.9 Å². The van der Waals surface area contributed by atoms with Gasteiger partial charge in [-0.2, -0.15) is 0 Å². The number of aromatic hydroxyl groups is 1. The summed E-state index contributed by atoms with van der Waals surface area (Å²) in [4.78, 5) is 12.0. The van der Waals surface area contributed by atoms with Crippen LogP contribution in [0.3, 0.4) is 0 Å². The molecule has 2 aromatic carbocycles. The quantitative estimate of drug-likeness (QED) is 0.787. The summed E-state index contributed by atoms with van der Waals surface area (Å²) in [6.45, 7) is 0.753. The molecule has 1 amide bonds. The highest BCUT2D eigenvalue weighted by molar-refractivity contribution is 6.04. The third-order valence-corrected chi connectivity index (χ3v) is 2.70. The van der Waals surface area contributed by atoms with Crippen LogP contribution in [0.2, 0.25) is 0 Å². The molecule has 0 aromatic heterocycles. The minimum Gasteiger partial charge on any atom is -0.508 e. The van der Waals surface area contributed by atoms with Crippen molar-refractivity contribution in [3.8, 4) is 5.75 Å². The average Bonchev–Trinajstić information content (AvgIpc) is 2.40. The topological polar surface area (TPSA) is 61.4 Å². The summed E-state index contributed by atoms with van der Waals surface area (Å²) in [5.41, 5.74) is 2.37. The standard InChI is InChI=1S/C15H16N2O2/c1-16-10-11-3-2-4-13(9-11)17-15(19)12-5-7-14(18)8-6-12/h2-9,16,18H,10H2,1H3,(H,17,19). The van der Waals surface area contributed by atoms with Crippen LogP contribution in [0.25, 0.3) is 0 Å². The van der Waals surface area contributed by atoms with Crippen LogP contribution in [0, 0.1) is 0 Å². The number of rotatable bonds is 4. The summed E-state index contributed by atoms with van der Waals surface area (Å²) < 4.78 is 0. The fraction of sp³-hybridized carbons (Fsp3) is 0.133. The lowest BCUT2D eigenvalue weighted by molar-refractivity contribution is 0.102. The molecule has 19 heavy (non-hydrogen) atoms. The molecule has 0 radical (unpaired) electrons. The molecule has 0 fully saturated rings. The number of carbonyl (C=O) groups is 1. The zero-order chi connectivity index (χ0) is 13.7. The highest BCUT2D eigenvalue weighted by Crippen LogP contribution is 2.14. The number of benzene rings is 2. The first-order chi connectivity index (χ1) is 9.19. The summed E-state index contributed by atoms with van der Waals surface area (Å²) in [5, 5.41) is 15.1. The first kappa shape index (κ1) is 13.1. The van der Waals surface area contributed by atoms with Crippen LogP contribution < -0.4 is 10.6 Å². The van der Waals surface area contributed by atoms with Crippen molar-refractivity contribution in [1.29, 1.82) is 0 Å². The lowest BCUT2D eigenvalue weighted by Gasteiger charge is -2.07. The molecule has 0 spiro atoms. The highest BCUT2D eigenvalue weighted by atomic mass is 16.3. The Kier molecular flexibility index (Phi) is 4.15. The van der Waals surface area contributed by atoms with Crippen molar-refractivity contribution >= 4 is 11.6 Å². The number of carbonyl (C=O) groups excluding carboxylic acids is 1. The second-order valence-electron chi connectivity index (χ2n) is 4.23. The first-order valence-electron chi connectivity index (χ1n) is 6.03. The van der Waals surface area contributed by atoms with E-state index in [2.05, 4.69) is 10.6 Å². The number of hydrogen-bond acceptors (Lipinski definition) is 3. The smallest absolute Gasteiger partial charge is 0.255 e. The number of amides is 1. The van der Waals surface area contributed by atoms with Crippen molar-refractivity contribution in [3.05, 3.63) is 59.7 Å². The van der Waals surface area contributed by atoms with E-state index in [4.69, 9.17) is 0 Å². The fourth-order valence-corrected chi connectivity index (χ4v) is 1.78. The molecule has 0 bridgehead atoms. The van der Waals surface area contributed by atoms with E-state index in [-0.39, 0.29) is 11.7 Å². The van der Waals surface area contributed by atoms with Crippen LogP contribution >= 0.6 is 0 Å². The van der Waals surface area contributed by atoms with Gasteiger partial charge in [0.15, 0.2) is 0 Å². The molecular weight excluding hydrogens is 240 g/mol. The average molecular weight is 256 g/mol. The zero-order valence-electron chi connectivity index (χ0n) is 10.7. The summed E-state index contributed by atoms with van der Waals surface area (Å²) in [7, 11) is 1.88. The van der Waals surface area contributed by atoms with Gasteiger partial charge in [-0.3, -0.25) is 4.79 Å². The Balaban J connectivity index is 2.10. The van der Waals surface area contributed by atoms with E-state index in [1.165, 1.54) is 12.1 Å². The van der Waals surface area contributed by atoms with Gasteiger partial charge < -0.3 is 15.7 Å². The molecule has 0 saturated carbocycles. The zero-order valence-corrected chi connectivity index (χ0v) is 10.7. The van der Waals surface area contributed by atoms with Gasteiger partial charge in [0.1, 0.15) is 5.75 Å². The molecule has 2 aromatic rings. The molecule has 3 N–H and O–H groups in total. The van der Waals surface area contributed by atoms with Crippen molar-refractivity contribution in [2.24, 2.45) is 0 Å². The number of hydrogen-bond donors (Lipinski definition) is 3. The van der Waals surface area contributed by atoms with E-state index < -0.39 is 0 Å². The van der Waals surface area contributed by atoms with Gasteiger partial charge in [-0.15, -0.1) is 0 Å². The molecular formula is C15H16N2O2. The minimum atomic E-state index is -0.193. The monoisotopic (exact) mass is 256 g/mol. The Morgan fingerprint density at radius 2 is 1.89 bits per heavy atom. The van der Waals surface area contributed by atoms with Crippen LogP contribution in [-0.2, 0) is 6.54 Å². The lowest BCUT2D eigenvalue weighted by Crippen LogP contribution is -2.12. The van der Waals surface area contributed by atoms with Crippen molar-refractivity contribution in [3.63, 3.8) is 0 Å². The maximum atomic E-state index is 12.0. The van der Waals surface area contributed by atoms with Crippen LogP contribution in [0.15, 0.2) is 48.5 Å². The van der Waals surface area contributed by atoms with E-state index in [0.29, 0.717) is 5.56 Å². The van der Waals surface area contributed by atoms with Crippen LogP contribution in [0.5, 0.6) is 5.75 Å². The predicted molar refractivity (Wildman–Crippen MR) is 75.3 cm³/mol. The Labute approximate surface area is 112 Å². The molecule has 98 valence electrons. The van der Waals surface area contributed by atoms with Crippen molar-refractivity contribution < 1.29 is 9.90 Å². The SMILES string of the molecule is CNCc1cccc(NC(=O)c2ccc(O)cc2)c1. The summed E-state index contributed by atoms with van der Waals surface area (Å²) in [6, 6.07) is 13.8. The van der Waals surface area contributed by atoms with Crippen LogP contribution in [0.4, 0.5) is 5.69 Å². The van der Waals surface area contributed by atoms with Gasteiger partial charge in [-0.1, -0.05) is 12.1 Å². The van der Waals surface area contributed by atoms with Crippen molar-refractivity contribution in [2.75, 3.05) is 12.4 Å². The van der Waals surface area contributed by atoms with E-state index in [9.17, 15) is 9.90 Å². The predicted octanol–water partition coefficient (Wildman–Crippen LogP) is 2.36. The van der Waals surface area contributed by atoms with Gasteiger partial charge in [0.05, 0.1) is 0 Å². The normalized spacial score (nSPS) is 10.2. The molecule has 0 heterocycles. The largest absolute Gasteiger partial charge is 0.508 e. The molecule has 2 rings (SSSR count). The Hall–Kier alpha value is -2.33. The molecule has 0 atom stereocenters. The van der Waals surface area contributed by atoms with Gasteiger partial charge in [0.25, 0.3) is 5.91 Å². The number of anilines is 1. The van der Waals surface area contributed by atoms with Crippen molar-refractivity contribution in [2.45, 2.75) is 6.54 Å². The molecule has 0 aliphatic carbocycles.